The van der Waals surface area contributed by atoms with Crippen LogP contribution in [0.2, 0.25) is 10.0 Å². The Balaban J connectivity index is 2.89. The van der Waals surface area contributed by atoms with Gasteiger partial charge in [0.15, 0.2) is 0 Å². The van der Waals surface area contributed by atoms with E-state index in [-0.39, 0.29) is 4.83 Å². The highest BCUT2D eigenvalue weighted by Gasteiger charge is 2.18. The van der Waals surface area contributed by atoms with Crippen molar-refractivity contribution in [2.75, 3.05) is 0 Å². The van der Waals surface area contributed by atoms with Gasteiger partial charge in [0.05, 0.1) is 0 Å². The number of rotatable bonds is 4. The van der Waals surface area contributed by atoms with Crippen LogP contribution in [0.15, 0.2) is 18.2 Å². The molecule has 15 heavy (non-hydrogen) atoms. The Morgan fingerprint density at radius 1 is 1.33 bits per heavy atom. The summed E-state index contributed by atoms with van der Waals surface area (Å²) in [7, 11) is 0. The van der Waals surface area contributed by atoms with Crippen molar-refractivity contribution >= 4 is 39.1 Å². The third-order valence-electron chi connectivity index (χ3n) is 2.50. The van der Waals surface area contributed by atoms with Crippen LogP contribution in [0.3, 0.4) is 0 Å². The number of hydrogen-bond donors (Lipinski definition) is 0. The van der Waals surface area contributed by atoms with Crippen LogP contribution >= 0.6 is 39.1 Å². The van der Waals surface area contributed by atoms with Crippen LogP contribution in [-0.4, -0.2) is 0 Å². The molecule has 0 aliphatic carbocycles. The van der Waals surface area contributed by atoms with Crippen molar-refractivity contribution in [3.63, 3.8) is 0 Å². The third-order valence-corrected chi connectivity index (χ3v) is 4.47. The lowest BCUT2D eigenvalue weighted by Gasteiger charge is -2.19. The van der Waals surface area contributed by atoms with Gasteiger partial charge in [-0.2, -0.15) is 0 Å². The molecule has 0 saturated carbocycles. The maximum atomic E-state index is 6.15. The van der Waals surface area contributed by atoms with E-state index in [1.165, 1.54) is 12.8 Å². The molecule has 1 aromatic rings. The van der Waals surface area contributed by atoms with Crippen LogP contribution in [0.1, 0.15) is 37.1 Å². The predicted octanol–water partition coefficient (Wildman–Crippen LogP) is 5.87. The van der Waals surface area contributed by atoms with E-state index in [0.717, 1.165) is 15.6 Å². The molecule has 2 unspecified atom stereocenters. The SMILES string of the molecule is CCCC(C)C(Br)c1cc(Cl)ccc1Cl. The highest BCUT2D eigenvalue weighted by molar-refractivity contribution is 9.09. The molecule has 0 fully saturated rings. The van der Waals surface area contributed by atoms with Crippen LogP contribution in [0.4, 0.5) is 0 Å². The smallest absolute Gasteiger partial charge is 0.0450 e. The number of halogens is 3. The molecule has 1 aromatic carbocycles. The first kappa shape index (κ1) is 13.3. The zero-order valence-electron chi connectivity index (χ0n) is 8.93. The summed E-state index contributed by atoms with van der Waals surface area (Å²) in [5.41, 5.74) is 1.09. The van der Waals surface area contributed by atoms with E-state index in [0.29, 0.717) is 5.92 Å². The molecule has 0 aromatic heterocycles. The fourth-order valence-corrected chi connectivity index (χ4v) is 2.82. The van der Waals surface area contributed by atoms with Gasteiger partial charge in [0, 0.05) is 14.9 Å². The summed E-state index contributed by atoms with van der Waals surface area (Å²) >= 11 is 15.8. The predicted molar refractivity (Wildman–Crippen MR) is 72.2 cm³/mol. The van der Waals surface area contributed by atoms with E-state index >= 15 is 0 Å². The monoisotopic (exact) mass is 308 g/mol. The van der Waals surface area contributed by atoms with Crippen LogP contribution in [0.25, 0.3) is 0 Å². The second-order valence-electron chi connectivity index (χ2n) is 3.83. The molecule has 3 heteroatoms. The molecular weight excluding hydrogens is 295 g/mol. The summed E-state index contributed by atoms with van der Waals surface area (Å²) < 4.78 is 0. The second kappa shape index (κ2) is 6.12. The van der Waals surface area contributed by atoms with Gasteiger partial charge >= 0.3 is 0 Å². The molecule has 0 N–H and O–H groups in total. The minimum Gasteiger partial charge on any atom is -0.0843 e. The molecule has 0 saturated heterocycles. The van der Waals surface area contributed by atoms with Crippen molar-refractivity contribution in [1.29, 1.82) is 0 Å². The van der Waals surface area contributed by atoms with Gasteiger partial charge in [0.2, 0.25) is 0 Å². The topological polar surface area (TPSA) is 0 Å². The summed E-state index contributed by atoms with van der Waals surface area (Å²) in [4.78, 5) is 0.281. The fraction of sp³-hybridized carbons (Fsp3) is 0.500. The van der Waals surface area contributed by atoms with Gasteiger partial charge in [0.25, 0.3) is 0 Å². The highest BCUT2D eigenvalue weighted by atomic mass is 79.9. The molecule has 84 valence electrons. The lowest BCUT2D eigenvalue weighted by molar-refractivity contribution is 0.519. The quantitative estimate of drug-likeness (QED) is 0.610. The van der Waals surface area contributed by atoms with E-state index in [9.17, 15) is 0 Å². The first-order chi connectivity index (χ1) is 7.06. The van der Waals surface area contributed by atoms with Gasteiger partial charge in [-0.1, -0.05) is 59.4 Å². The Bertz CT molecular complexity index is 325. The summed E-state index contributed by atoms with van der Waals surface area (Å²) in [6.45, 7) is 4.41. The molecule has 2 atom stereocenters. The van der Waals surface area contributed by atoms with Gasteiger partial charge in [0.1, 0.15) is 0 Å². The first-order valence-corrected chi connectivity index (χ1v) is 6.82. The van der Waals surface area contributed by atoms with Crippen LogP contribution < -0.4 is 0 Å². The maximum absolute atomic E-state index is 6.15. The molecule has 0 bridgehead atoms. The van der Waals surface area contributed by atoms with E-state index in [4.69, 9.17) is 23.2 Å². The summed E-state index contributed by atoms with van der Waals surface area (Å²) in [5.74, 6) is 0.561. The van der Waals surface area contributed by atoms with Crippen molar-refractivity contribution in [3.05, 3.63) is 33.8 Å². The molecule has 0 aliphatic rings. The zero-order valence-corrected chi connectivity index (χ0v) is 12.0. The molecule has 0 nitrogen and oxygen atoms in total. The molecular formula is C12H15BrCl2. The summed E-state index contributed by atoms with van der Waals surface area (Å²) in [6.07, 6.45) is 2.36. The molecule has 0 amide bonds. The second-order valence-corrected chi connectivity index (χ2v) is 5.66. The number of alkyl halides is 1. The zero-order chi connectivity index (χ0) is 11.4. The van der Waals surface area contributed by atoms with Gasteiger partial charge in [-0.15, -0.1) is 0 Å². The van der Waals surface area contributed by atoms with Gasteiger partial charge < -0.3 is 0 Å². The Morgan fingerprint density at radius 3 is 2.60 bits per heavy atom. The number of benzene rings is 1. The highest BCUT2D eigenvalue weighted by Crippen LogP contribution is 2.38. The van der Waals surface area contributed by atoms with Crippen LogP contribution in [-0.2, 0) is 0 Å². The van der Waals surface area contributed by atoms with Gasteiger partial charge in [-0.3, -0.25) is 0 Å². The van der Waals surface area contributed by atoms with Crippen molar-refractivity contribution < 1.29 is 0 Å². The van der Waals surface area contributed by atoms with Crippen LogP contribution in [0.5, 0.6) is 0 Å². The van der Waals surface area contributed by atoms with E-state index in [2.05, 4.69) is 29.8 Å². The fourth-order valence-electron chi connectivity index (χ4n) is 1.63. The normalized spacial score (nSPS) is 15.0. The Labute approximate surface area is 110 Å². The van der Waals surface area contributed by atoms with E-state index in [1.807, 2.05) is 18.2 Å². The van der Waals surface area contributed by atoms with Gasteiger partial charge in [-0.05, 0) is 36.1 Å². The summed E-state index contributed by atoms with van der Waals surface area (Å²) in [6, 6.07) is 5.61. The lowest BCUT2D eigenvalue weighted by Crippen LogP contribution is -2.03. The Kier molecular flexibility index (Phi) is 5.45. The van der Waals surface area contributed by atoms with Crippen molar-refractivity contribution in [2.24, 2.45) is 5.92 Å². The largest absolute Gasteiger partial charge is 0.0843 e. The minimum atomic E-state index is 0.281. The third kappa shape index (κ3) is 3.65. The average molecular weight is 310 g/mol. The molecule has 0 radical (unpaired) electrons. The van der Waals surface area contributed by atoms with E-state index in [1.54, 1.807) is 0 Å². The van der Waals surface area contributed by atoms with Crippen molar-refractivity contribution in [3.8, 4) is 0 Å². The van der Waals surface area contributed by atoms with Crippen LogP contribution in [0, 0.1) is 5.92 Å². The molecule has 0 spiro atoms. The lowest BCUT2D eigenvalue weighted by atomic mass is 9.97. The first-order valence-electron chi connectivity index (χ1n) is 5.15. The Morgan fingerprint density at radius 2 is 2.00 bits per heavy atom. The summed E-state index contributed by atoms with van der Waals surface area (Å²) in [5, 5.41) is 1.52. The minimum absolute atomic E-state index is 0.281. The molecule has 1 rings (SSSR count). The number of hydrogen-bond acceptors (Lipinski definition) is 0. The molecule has 0 aliphatic heterocycles. The van der Waals surface area contributed by atoms with Crippen molar-refractivity contribution in [2.45, 2.75) is 31.5 Å². The molecule has 0 heterocycles. The van der Waals surface area contributed by atoms with E-state index < -0.39 is 0 Å². The van der Waals surface area contributed by atoms with Gasteiger partial charge in [-0.25, -0.2) is 0 Å². The maximum Gasteiger partial charge on any atom is 0.0450 e. The van der Waals surface area contributed by atoms with Crippen molar-refractivity contribution in [1.82, 2.24) is 0 Å². The average Bonchev–Trinajstić information content (AvgIpc) is 2.21. The standard InChI is InChI=1S/C12H15BrCl2/c1-3-4-8(2)12(13)10-7-9(14)5-6-11(10)15/h5-8,12H,3-4H2,1-2H3. The Hall–Kier alpha value is 0.280.